The molecule has 0 N–H and O–H groups in total. The fraction of sp³-hybridized carbons (Fsp3) is 0.333. The van der Waals surface area contributed by atoms with E-state index in [9.17, 15) is 4.79 Å². The van der Waals surface area contributed by atoms with E-state index in [0.29, 0.717) is 0 Å². The predicted octanol–water partition coefficient (Wildman–Crippen LogP) is 3.41. The lowest BCUT2D eigenvalue weighted by atomic mass is 10.0. The second-order valence-electron chi connectivity index (χ2n) is 6.79. The maximum Gasteiger partial charge on any atom is 0.271 e. The SMILES string of the molecule is O=c1cccnn1-c1ccc2cc(CCN3CCCCC3)ccc2c1. The molecule has 4 heteroatoms. The minimum atomic E-state index is -0.111. The normalized spacial score (nSPS) is 15.5. The molecule has 0 spiro atoms. The van der Waals surface area contributed by atoms with Gasteiger partial charge in [-0.15, -0.1) is 0 Å². The van der Waals surface area contributed by atoms with E-state index in [2.05, 4.69) is 34.3 Å². The van der Waals surface area contributed by atoms with Crippen molar-refractivity contribution in [1.29, 1.82) is 0 Å². The van der Waals surface area contributed by atoms with Gasteiger partial charge in [0.15, 0.2) is 0 Å². The second kappa shape index (κ2) is 7.19. The number of piperidine rings is 1. The number of likely N-dealkylation sites (tertiary alicyclic amines) is 1. The molecule has 2 aromatic carbocycles. The zero-order chi connectivity index (χ0) is 17.1. The molecule has 25 heavy (non-hydrogen) atoms. The summed E-state index contributed by atoms with van der Waals surface area (Å²) in [6, 6.07) is 15.9. The number of hydrogen-bond acceptors (Lipinski definition) is 3. The summed E-state index contributed by atoms with van der Waals surface area (Å²) in [7, 11) is 0. The molecule has 0 saturated carbocycles. The molecule has 0 bridgehead atoms. The molecular formula is C21H23N3O. The largest absolute Gasteiger partial charge is 0.303 e. The van der Waals surface area contributed by atoms with Crippen molar-refractivity contribution in [3.63, 3.8) is 0 Å². The van der Waals surface area contributed by atoms with E-state index in [1.807, 2.05) is 12.1 Å². The maximum atomic E-state index is 11.9. The monoisotopic (exact) mass is 333 g/mol. The van der Waals surface area contributed by atoms with Gasteiger partial charge >= 0.3 is 0 Å². The Kier molecular flexibility index (Phi) is 4.61. The average Bonchev–Trinajstić information content (AvgIpc) is 2.67. The molecule has 4 nitrogen and oxygen atoms in total. The zero-order valence-corrected chi connectivity index (χ0v) is 14.4. The first kappa shape index (κ1) is 16.0. The summed E-state index contributed by atoms with van der Waals surface area (Å²) in [5.74, 6) is 0. The topological polar surface area (TPSA) is 38.1 Å². The molecule has 2 heterocycles. The van der Waals surface area contributed by atoms with Crippen LogP contribution in [-0.2, 0) is 6.42 Å². The molecule has 1 aliphatic heterocycles. The first-order valence-corrected chi connectivity index (χ1v) is 9.09. The highest BCUT2D eigenvalue weighted by Crippen LogP contribution is 2.20. The van der Waals surface area contributed by atoms with Crippen LogP contribution in [0.3, 0.4) is 0 Å². The molecule has 1 aliphatic rings. The van der Waals surface area contributed by atoms with Crippen LogP contribution in [0.15, 0.2) is 59.5 Å². The van der Waals surface area contributed by atoms with Crippen LogP contribution in [0.4, 0.5) is 0 Å². The van der Waals surface area contributed by atoms with Crippen LogP contribution in [-0.4, -0.2) is 34.3 Å². The molecule has 3 aromatic rings. The fourth-order valence-corrected chi connectivity index (χ4v) is 3.59. The van der Waals surface area contributed by atoms with Gasteiger partial charge in [-0.3, -0.25) is 4.79 Å². The molecule has 0 unspecified atom stereocenters. The quantitative estimate of drug-likeness (QED) is 0.734. The van der Waals surface area contributed by atoms with Gasteiger partial charge in [0.1, 0.15) is 0 Å². The van der Waals surface area contributed by atoms with E-state index in [1.54, 1.807) is 12.3 Å². The maximum absolute atomic E-state index is 11.9. The van der Waals surface area contributed by atoms with Crippen molar-refractivity contribution in [2.75, 3.05) is 19.6 Å². The number of rotatable bonds is 4. The second-order valence-corrected chi connectivity index (χ2v) is 6.79. The van der Waals surface area contributed by atoms with E-state index in [0.717, 1.165) is 24.0 Å². The standard InChI is InChI=1S/C21H23N3O/c25-21-5-4-11-22-24(21)20-9-8-18-15-17(6-7-19(18)16-20)10-14-23-12-2-1-3-13-23/h4-9,11,15-16H,1-3,10,12-14H2. The summed E-state index contributed by atoms with van der Waals surface area (Å²) >= 11 is 0. The van der Waals surface area contributed by atoms with E-state index >= 15 is 0 Å². The van der Waals surface area contributed by atoms with Crippen LogP contribution >= 0.6 is 0 Å². The van der Waals surface area contributed by atoms with Crippen LogP contribution in [0, 0.1) is 0 Å². The Labute approximate surface area is 147 Å². The summed E-state index contributed by atoms with van der Waals surface area (Å²) in [5, 5.41) is 6.50. The van der Waals surface area contributed by atoms with Crippen LogP contribution in [0.1, 0.15) is 24.8 Å². The van der Waals surface area contributed by atoms with Gasteiger partial charge in [-0.05, 0) is 66.9 Å². The van der Waals surface area contributed by atoms with Crippen molar-refractivity contribution >= 4 is 10.8 Å². The summed E-state index contributed by atoms with van der Waals surface area (Å²) in [6.45, 7) is 3.64. The van der Waals surface area contributed by atoms with Crippen molar-refractivity contribution in [1.82, 2.24) is 14.7 Å². The highest BCUT2D eigenvalue weighted by atomic mass is 16.1. The van der Waals surface area contributed by atoms with Gasteiger partial charge in [-0.2, -0.15) is 9.78 Å². The molecule has 0 radical (unpaired) electrons. The fourth-order valence-electron chi connectivity index (χ4n) is 3.59. The molecule has 0 aliphatic carbocycles. The summed E-state index contributed by atoms with van der Waals surface area (Å²) in [4.78, 5) is 14.5. The van der Waals surface area contributed by atoms with Crippen LogP contribution in [0.25, 0.3) is 16.5 Å². The van der Waals surface area contributed by atoms with Gasteiger partial charge in [0.05, 0.1) is 5.69 Å². The smallest absolute Gasteiger partial charge is 0.271 e. The minimum absolute atomic E-state index is 0.111. The molecule has 128 valence electrons. The van der Waals surface area contributed by atoms with Crippen molar-refractivity contribution in [3.05, 3.63) is 70.6 Å². The minimum Gasteiger partial charge on any atom is -0.303 e. The Balaban J connectivity index is 1.54. The van der Waals surface area contributed by atoms with E-state index < -0.39 is 0 Å². The molecule has 4 rings (SSSR count). The Morgan fingerprint density at radius 3 is 2.56 bits per heavy atom. The third kappa shape index (κ3) is 3.64. The van der Waals surface area contributed by atoms with Crippen molar-refractivity contribution in [2.45, 2.75) is 25.7 Å². The Bertz CT molecular complexity index is 926. The number of hydrogen-bond donors (Lipinski definition) is 0. The summed E-state index contributed by atoms with van der Waals surface area (Å²) in [6.07, 6.45) is 6.79. The lowest BCUT2D eigenvalue weighted by Gasteiger charge is -2.26. The number of aromatic nitrogens is 2. The Morgan fingerprint density at radius 2 is 1.72 bits per heavy atom. The van der Waals surface area contributed by atoms with Gasteiger partial charge in [0.2, 0.25) is 0 Å². The molecule has 0 atom stereocenters. The summed E-state index contributed by atoms with van der Waals surface area (Å²) in [5.41, 5.74) is 2.07. The van der Waals surface area contributed by atoms with Crippen molar-refractivity contribution in [3.8, 4) is 5.69 Å². The van der Waals surface area contributed by atoms with E-state index in [4.69, 9.17) is 0 Å². The Hall–Kier alpha value is -2.46. The number of fused-ring (bicyclic) bond motifs is 1. The third-order valence-corrected chi connectivity index (χ3v) is 5.01. The molecule has 0 amide bonds. The number of nitrogens with zero attached hydrogens (tertiary/aromatic N) is 3. The molecular weight excluding hydrogens is 310 g/mol. The van der Waals surface area contributed by atoms with E-state index in [-0.39, 0.29) is 5.56 Å². The van der Waals surface area contributed by atoms with Crippen molar-refractivity contribution < 1.29 is 0 Å². The molecule has 1 aromatic heterocycles. The summed E-state index contributed by atoms with van der Waals surface area (Å²) < 4.78 is 1.43. The molecule has 1 fully saturated rings. The highest BCUT2D eigenvalue weighted by Gasteiger charge is 2.10. The molecule has 1 saturated heterocycles. The lowest BCUT2D eigenvalue weighted by molar-refractivity contribution is 0.231. The van der Waals surface area contributed by atoms with Gasteiger partial charge in [0.25, 0.3) is 5.56 Å². The predicted molar refractivity (Wildman–Crippen MR) is 101 cm³/mol. The first-order chi connectivity index (χ1) is 12.3. The Morgan fingerprint density at radius 1 is 0.920 bits per heavy atom. The van der Waals surface area contributed by atoms with Gasteiger partial charge in [0, 0.05) is 18.8 Å². The van der Waals surface area contributed by atoms with Gasteiger partial charge < -0.3 is 4.90 Å². The zero-order valence-electron chi connectivity index (χ0n) is 14.4. The van der Waals surface area contributed by atoms with Crippen LogP contribution in [0.5, 0.6) is 0 Å². The van der Waals surface area contributed by atoms with Crippen LogP contribution in [0.2, 0.25) is 0 Å². The van der Waals surface area contributed by atoms with Crippen LogP contribution < -0.4 is 5.56 Å². The lowest BCUT2D eigenvalue weighted by Crippen LogP contribution is -2.31. The van der Waals surface area contributed by atoms with Gasteiger partial charge in [-0.25, -0.2) is 0 Å². The van der Waals surface area contributed by atoms with Gasteiger partial charge in [-0.1, -0.05) is 30.7 Å². The third-order valence-electron chi connectivity index (χ3n) is 5.01. The highest BCUT2D eigenvalue weighted by molar-refractivity contribution is 5.85. The number of benzene rings is 2. The average molecular weight is 333 g/mol. The first-order valence-electron chi connectivity index (χ1n) is 9.09. The van der Waals surface area contributed by atoms with Crippen molar-refractivity contribution in [2.24, 2.45) is 0 Å². The van der Waals surface area contributed by atoms with E-state index in [1.165, 1.54) is 54.0 Å².